The van der Waals surface area contributed by atoms with Crippen molar-refractivity contribution < 1.29 is 33.6 Å². The lowest BCUT2D eigenvalue weighted by molar-refractivity contribution is -0.128. The first-order chi connectivity index (χ1) is 23.9. The van der Waals surface area contributed by atoms with Crippen molar-refractivity contribution in [2.45, 2.75) is 103 Å². The van der Waals surface area contributed by atoms with Crippen molar-refractivity contribution in [1.29, 1.82) is 5.41 Å². The number of aliphatic hydroxyl groups excluding tert-OH is 1. The van der Waals surface area contributed by atoms with Gasteiger partial charge in [0.2, 0.25) is 0 Å². The molecule has 0 radical (unpaired) electrons. The number of anilines is 1. The number of hydrogen-bond acceptors (Lipinski definition) is 9. The maximum Gasteiger partial charge on any atom is 0.269 e. The van der Waals surface area contributed by atoms with E-state index in [1.54, 1.807) is 20.3 Å². The molecule has 50 heavy (non-hydrogen) atoms. The van der Waals surface area contributed by atoms with Crippen LogP contribution >= 0.6 is 0 Å². The van der Waals surface area contributed by atoms with Crippen LogP contribution in [-0.4, -0.2) is 67.7 Å². The fourth-order valence-corrected chi connectivity index (χ4v) is 8.96. The second-order valence-corrected chi connectivity index (χ2v) is 15.8. The van der Waals surface area contributed by atoms with Gasteiger partial charge in [-0.1, -0.05) is 19.9 Å². The van der Waals surface area contributed by atoms with Crippen LogP contribution in [0, 0.1) is 29.1 Å². The minimum absolute atomic E-state index is 0.0630. The summed E-state index contributed by atoms with van der Waals surface area (Å²) in [6.45, 7) is 10.7. The maximum atomic E-state index is 14.3. The summed E-state index contributed by atoms with van der Waals surface area (Å²) >= 11 is 0. The molecule has 2 aromatic carbocycles. The Morgan fingerprint density at radius 3 is 2.24 bits per heavy atom. The van der Waals surface area contributed by atoms with Gasteiger partial charge in [-0.15, -0.1) is 0 Å². The van der Waals surface area contributed by atoms with E-state index in [1.807, 2.05) is 57.2 Å². The predicted octanol–water partition coefficient (Wildman–Crippen LogP) is 6.91. The molecule has 4 bridgehead atoms. The Morgan fingerprint density at radius 1 is 1.04 bits per heavy atom. The molecule has 4 saturated carbocycles. The molecule has 10 heteroatoms. The van der Waals surface area contributed by atoms with E-state index < -0.39 is 11.4 Å². The lowest BCUT2D eigenvalue weighted by Crippen LogP contribution is -2.70. The Morgan fingerprint density at radius 2 is 1.68 bits per heavy atom. The van der Waals surface area contributed by atoms with Crippen LogP contribution in [0.2, 0.25) is 0 Å². The molecular weight excluding hydrogens is 634 g/mol. The van der Waals surface area contributed by atoms with Gasteiger partial charge in [0, 0.05) is 18.7 Å². The Hall–Kier alpha value is -3.60. The first kappa shape index (κ1) is 36.2. The van der Waals surface area contributed by atoms with Crippen molar-refractivity contribution in [2.75, 3.05) is 32.8 Å². The molecule has 1 amide bonds. The number of amides is 1. The summed E-state index contributed by atoms with van der Waals surface area (Å²) in [5.41, 5.74) is 1.75. The molecule has 2 unspecified atom stereocenters. The third kappa shape index (κ3) is 7.39. The Balaban J connectivity index is 1.34. The number of rotatable bonds is 15. The monoisotopic (exact) mass is 689 g/mol. The minimum Gasteiger partial charge on any atom is -0.496 e. The molecule has 7 rings (SSSR count). The van der Waals surface area contributed by atoms with Crippen molar-refractivity contribution in [3.63, 3.8) is 0 Å². The van der Waals surface area contributed by atoms with E-state index in [1.165, 1.54) is 6.42 Å². The fourth-order valence-electron chi connectivity index (χ4n) is 8.96. The number of benzene rings is 2. The molecule has 4 aliphatic carbocycles. The van der Waals surface area contributed by atoms with Crippen LogP contribution in [0.25, 0.3) is 5.70 Å². The zero-order valence-corrected chi connectivity index (χ0v) is 30.6. The van der Waals surface area contributed by atoms with Crippen LogP contribution in [0.4, 0.5) is 5.69 Å². The van der Waals surface area contributed by atoms with Gasteiger partial charge in [0.25, 0.3) is 5.91 Å². The van der Waals surface area contributed by atoms with Gasteiger partial charge in [-0.3, -0.25) is 10.2 Å². The first-order valence-electron chi connectivity index (χ1n) is 18.2. The second-order valence-electron chi connectivity index (χ2n) is 15.8. The smallest absolute Gasteiger partial charge is 0.269 e. The number of hydrogen-bond donors (Lipinski definition) is 4. The van der Waals surface area contributed by atoms with Crippen LogP contribution in [0.15, 0.2) is 42.5 Å². The largest absolute Gasteiger partial charge is 0.496 e. The van der Waals surface area contributed by atoms with Crippen molar-refractivity contribution >= 4 is 23.0 Å². The second kappa shape index (κ2) is 14.6. The van der Waals surface area contributed by atoms with Crippen LogP contribution < -0.4 is 24.8 Å². The Labute approximate surface area is 296 Å². The quantitative estimate of drug-likeness (QED) is 0.0901. The third-order valence-corrected chi connectivity index (χ3v) is 10.9. The topological polar surface area (TPSA) is 135 Å². The van der Waals surface area contributed by atoms with Crippen molar-refractivity contribution in [3.8, 4) is 17.2 Å². The molecule has 0 spiro atoms. The summed E-state index contributed by atoms with van der Waals surface area (Å²) in [6.07, 6.45) is 7.07. The molecule has 2 atom stereocenters. The molecule has 4 N–H and O–H groups in total. The van der Waals surface area contributed by atoms with Gasteiger partial charge in [0.15, 0.2) is 6.29 Å². The van der Waals surface area contributed by atoms with Gasteiger partial charge in [-0.05, 0) is 124 Å². The Bertz CT molecular complexity index is 1550. The molecule has 1 saturated heterocycles. The summed E-state index contributed by atoms with van der Waals surface area (Å²) in [5, 5.41) is 25.5. The molecule has 1 heterocycles. The summed E-state index contributed by atoms with van der Waals surface area (Å²) in [6, 6.07) is 11.3. The van der Waals surface area contributed by atoms with Crippen LogP contribution in [0.3, 0.4) is 0 Å². The SMILES string of the molecule is COc1cccc(OC)c1/C(=C/C(=N)C(=O)NC1(C2OC2OC(C)(C)C)C2CC3CC(C2)CC1C3)Nc1ccc(OCCCO)cc1C(C)C. The van der Waals surface area contributed by atoms with E-state index in [0.717, 1.165) is 36.9 Å². The Kier molecular flexibility index (Phi) is 10.5. The maximum absolute atomic E-state index is 14.3. The van der Waals surface area contributed by atoms with Gasteiger partial charge in [-0.25, -0.2) is 0 Å². The van der Waals surface area contributed by atoms with Gasteiger partial charge in [-0.2, -0.15) is 0 Å². The normalized spacial score (nSPS) is 28.4. The van der Waals surface area contributed by atoms with E-state index in [4.69, 9.17) is 23.7 Å². The van der Waals surface area contributed by atoms with E-state index in [9.17, 15) is 15.3 Å². The van der Waals surface area contributed by atoms with E-state index >= 15 is 0 Å². The van der Waals surface area contributed by atoms with E-state index in [0.29, 0.717) is 53.4 Å². The average Bonchev–Trinajstić information content (AvgIpc) is 3.83. The molecule has 0 aromatic heterocycles. The number of epoxide rings is 1. The average molecular weight is 690 g/mol. The number of nitrogens with one attached hydrogen (secondary N) is 3. The van der Waals surface area contributed by atoms with Gasteiger partial charge in [0.1, 0.15) is 29.1 Å². The van der Waals surface area contributed by atoms with Crippen LogP contribution in [-0.2, 0) is 14.3 Å². The molecule has 1 aliphatic heterocycles. The highest BCUT2D eigenvalue weighted by atomic mass is 16.8. The lowest BCUT2D eigenvalue weighted by Gasteiger charge is -2.61. The van der Waals surface area contributed by atoms with Crippen LogP contribution in [0.5, 0.6) is 17.2 Å². The highest BCUT2D eigenvalue weighted by Crippen LogP contribution is 2.62. The number of methoxy groups -OCH3 is 2. The fraction of sp³-hybridized carbons (Fsp3) is 0.600. The summed E-state index contributed by atoms with van der Waals surface area (Å²) in [5.74, 6) is 3.44. The van der Waals surface area contributed by atoms with Crippen LogP contribution in [0.1, 0.15) is 90.2 Å². The summed E-state index contributed by atoms with van der Waals surface area (Å²) in [7, 11) is 3.18. The highest BCUT2D eigenvalue weighted by molar-refractivity contribution is 6.43. The standard InChI is InChI=1S/C40H55N3O7/c1-23(2)29-21-28(48-15-9-14-44)12-13-31(29)42-32(35-33(46-6)10-8-11-34(35)47-7)22-30(41)37(45)43-40(36-38(49-36)50-39(3,4)5)26-17-24-16-25(19-26)20-27(40)18-24/h8,10-13,21-27,36,38,41-42,44H,9,14-20H2,1-7H3,(H,43,45)/b32-22-,41-30?. The number of carbonyl (C=O) groups is 1. The predicted molar refractivity (Wildman–Crippen MR) is 194 cm³/mol. The molecule has 10 nitrogen and oxygen atoms in total. The molecule has 272 valence electrons. The zero-order chi connectivity index (χ0) is 35.8. The van der Waals surface area contributed by atoms with Crippen molar-refractivity contribution in [2.24, 2.45) is 23.7 Å². The first-order valence-corrected chi connectivity index (χ1v) is 18.2. The number of aliphatic hydroxyl groups is 1. The van der Waals surface area contributed by atoms with Crippen molar-refractivity contribution in [1.82, 2.24) is 5.32 Å². The third-order valence-electron chi connectivity index (χ3n) is 10.9. The summed E-state index contributed by atoms with van der Waals surface area (Å²) in [4.78, 5) is 14.3. The van der Waals surface area contributed by atoms with E-state index in [-0.39, 0.29) is 48.1 Å². The highest BCUT2D eigenvalue weighted by Gasteiger charge is 2.68. The molecule has 5 fully saturated rings. The van der Waals surface area contributed by atoms with Gasteiger partial charge in [0.05, 0.1) is 43.2 Å². The number of ether oxygens (including phenoxy) is 5. The van der Waals surface area contributed by atoms with Gasteiger partial charge >= 0.3 is 0 Å². The molecular formula is C40H55N3O7. The van der Waals surface area contributed by atoms with E-state index in [2.05, 4.69) is 24.5 Å². The minimum atomic E-state index is -0.576. The summed E-state index contributed by atoms with van der Waals surface area (Å²) < 4.78 is 30.0. The zero-order valence-electron chi connectivity index (χ0n) is 30.6. The van der Waals surface area contributed by atoms with Crippen molar-refractivity contribution in [3.05, 3.63) is 53.6 Å². The molecule has 2 aromatic rings. The lowest BCUT2D eigenvalue weighted by atomic mass is 9.47. The molecule has 5 aliphatic rings. The van der Waals surface area contributed by atoms with Gasteiger partial charge < -0.3 is 39.4 Å². The number of carbonyl (C=O) groups excluding carboxylic acids is 1.